The predicted molar refractivity (Wildman–Crippen MR) is 116 cm³/mol. The molecule has 2 heterocycles. The lowest BCUT2D eigenvalue weighted by molar-refractivity contribution is -0.131. The van der Waals surface area contributed by atoms with Crippen LogP contribution in [0.2, 0.25) is 0 Å². The average Bonchev–Trinajstić information content (AvgIpc) is 2.78. The quantitative estimate of drug-likeness (QED) is 0.708. The van der Waals surface area contributed by atoms with E-state index >= 15 is 0 Å². The Kier molecular flexibility index (Phi) is 5.65. The first kappa shape index (κ1) is 19.9. The van der Waals surface area contributed by atoms with Crippen LogP contribution in [0.5, 0.6) is 5.75 Å². The Balaban J connectivity index is 1.49. The number of benzene rings is 2. The summed E-state index contributed by atoms with van der Waals surface area (Å²) in [6.07, 6.45) is 1.82. The molecule has 1 aromatic heterocycles. The van der Waals surface area contributed by atoms with E-state index in [0.717, 1.165) is 40.8 Å². The van der Waals surface area contributed by atoms with Gasteiger partial charge in [0.15, 0.2) is 0 Å². The third-order valence-electron chi connectivity index (χ3n) is 5.79. The zero-order valence-corrected chi connectivity index (χ0v) is 17.0. The van der Waals surface area contributed by atoms with Gasteiger partial charge >= 0.3 is 0 Å². The van der Waals surface area contributed by atoms with Crippen LogP contribution >= 0.6 is 0 Å². The van der Waals surface area contributed by atoms with Gasteiger partial charge < -0.3 is 15.4 Å². The number of pyridine rings is 1. The molecule has 0 aliphatic carbocycles. The molecular formula is C24H25N3O3. The van der Waals surface area contributed by atoms with Crippen LogP contribution in [0.15, 0.2) is 54.6 Å². The van der Waals surface area contributed by atoms with Crippen LogP contribution in [0.1, 0.15) is 40.4 Å². The molecule has 0 unspecified atom stereocenters. The van der Waals surface area contributed by atoms with Gasteiger partial charge in [0, 0.05) is 30.0 Å². The molecule has 1 aliphatic rings. The van der Waals surface area contributed by atoms with E-state index in [1.54, 1.807) is 7.11 Å². The number of carbonyl (C=O) groups is 2. The third-order valence-corrected chi connectivity index (χ3v) is 5.79. The van der Waals surface area contributed by atoms with E-state index in [1.165, 1.54) is 0 Å². The fraction of sp³-hybridized carbons (Fsp3) is 0.292. The van der Waals surface area contributed by atoms with Gasteiger partial charge in [-0.1, -0.05) is 36.4 Å². The Morgan fingerprint density at radius 2 is 1.80 bits per heavy atom. The Morgan fingerprint density at radius 3 is 2.53 bits per heavy atom. The highest BCUT2D eigenvalue weighted by Crippen LogP contribution is 2.31. The first-order valence-corrected chi connectivity index (χ1v) is 10.2. The lowest BCUT2D eigenvalue weighted by Gasteiger charge is -2.32. The second kappa shape index (κ2) is 8.53. The number of primary amides is 1. The number of aromatic nitrogens is 1. The molecule has 0 radical (unpaired) electrons. The smallest absolute Gasteiger partial charge is 0.250 e. The molecule has 1 aliphatic heterocycles. The molecule has 6 nitrogen and oxygen atoms in total. The molecule has 30 heavy (non-hydrogen) atoms. The summed E-state index contributed by atoms with van der Waals surface area (Å²) in [6, 6.07) is 17.1. The molecule has 3 aromatic rings. The van der Waals surface area contributed by atoms with Gasteiger partial charge in [0.1, 0.15) is 5.75 Å². The Hall–Kier alpha value is -3.41. The van der Waals surface area contributed by atoms with Gasteiger partial charge in [0.05, 0.1) is 30.3 Å². The number of likely N-dealkylation sites (tertiary alicyclic amines) is 1. The molecule has 1 saturated heterocycles. The van der Waals surface area contributed by atoms with E-state index in [0.29, 0.717) is 25.1 Å². The number of amides is 2. The van der Waals surface area contributed by atoms with Gasteiger partial charge in [-0.2, -0.15) is 0 Å². The van der Waals surface area contributed by atoms with E-state index < -0.39 is 5.91 Å². The minimum absolute atomic E-state index is 0.0829. The second-order valence-corrected chi connectivity index (χ2v) is 7.62. The Bertz CT molecular complexity index is 1090. The number of hydrogen-bond acceptors (Lipinski definition) is 4. The molecule has 0 atom stereocenters. The summed E-state index contributed by atoms with van der Waals surface area (Å²) < 4.78 is 5.36. The molecule has 0 bridgehead atoms. The molecule has 6 heteroatoms. The van der Waals surface area contributed by atoms with Gasteiger partial charge in [0.25, 0.3) is 5.91 Å². The summed E-state index contributed by atoms with van der Waals surface area (Å²) in [5, 5.41) is 0.902. The standard InChI is InChI=1S/C24H25N3O3/c1-30-21-9-5-3-7-18(21)15-22(28)27-12-10-16(11-13-27)23-19(24(25)29)14-17-6-2-4-8-20(17)26-23/h2-9,14,16H,10-13,15H2,1H3,(H2,25,29). The van der Waals surface area contributed by atoms with Gasteiger partial charge in [-0.3, -0.25) is 14.6 Å². The van der Waals surface area contributed by atoms with Crippen molar-refractivity contribution >= 4 is 22.7 Å². The fourth-order valence-electron chi connectivity index (χ4n) is 4.17. The number of piperidine rings is 1. The highest BCUT2D eigenvalue weighted by atomic mass is 16.5. The van der Waals surface area contributed by atoms with Crippen molar-refractivity contribution in [1.82, 2.24) is 9.88 Å². The third kappa shape index (κ3) is 3.99. The van der Waals surface area contributed by atoms with Crippen molar-refractivity contribution in [2.24, 2.45) is 5.73 Å². The van der Waals surface area contributed by atoms with Crippen LogP contribution in [0.3, 0.4) is 0 Å². The van der Waals surface area contributed by atoms with Gasteiger partial charge in [-0.05, 0) is 31.0 Å². The van der Waals surface area contributed by atoms with Crippen molar-refractivity contribution in [2.75, 3.05) is 20.2 Å². The van der Waals surface area contributed by atoms with E-state index in [9.17, 15) is 9.59 Å². The highest BCUT2D eigenvalue weighted by Gasteiger charge is 2.28. The summed E-state index contributed by atoms with van der Waals surface area (Å²) in [4.78, 5) is 31.5. The van der Waals surface area contributed by atoms with Crippen molar-refractivity contribution in [1.29, 1.82) is 0 Å². The Morgan fingerprint density at radius 1 is 1.10 bits per heavy atom. The summed E-state index contributed by atoms with van der Waals surface area (Å²) in [6.45, 7) is 1.26. The van der Waals surface area contributed by atoms with Gasteiger partial charge in [-0.15, -0.1) is 0 Å². The highest BCUT2D eigenvalue weighted by molar-refractivity contribution is 5.97. The van der Waals surface area contributed by atoms with E-state index in [1.807, 2.05) is 59.5 Å². The maximum atomic E-state index is 12.8. The van der Waals surface area contributed by atoms with E-state index in [2.05, 4.69) is 0 Å². The number of para-hydroxylation sites is 2. The number of methoxy groups -OCH3 is 1. The number of fused-ring (bicyclic) bond motifs is 1. The molecule has 2 amide bonds. The topological polar surface area (TPSA) is 85.5 Å². The van der Waals surface area contributed by atoms with E-state index in [4.69, 9.17) is 15.5 Å². The lowest BCUT2D eigenvalue weighted by atomic mass is 9.89. The predicted octanol–water partition coefficient (Wildman–Crippen LogP) is 3.29. The molecule has 0 saturated carbocycles. The van der Waals surface area contributed by atoms with Crippen molar-refractivity contribution in [3.05, 3.63) is 71.4 Å². The van der Waals surface area contributed by atoms with E-state index in [-0.39, 0.29) is 11.8 Å². The van der Waals surface area contributed by atoms with Crippen LogP contribution in [-0.2, 0) is 11.2 Å². The van der Waals surface area contributed by atoms with Crippen LogP contribution in [0, 0.1) is 0 Å². The molecule has 2 N–H and O–H groups in total. The van der Waals surface area contributed by atoms with Gasteiger partial charge in [0.2, 0.25) is 5.91 Å². The van der Waals surface area contributed by atoms with Crippen molar-refractivity contribution in [2.45, 2.75) is 25.2 Å². The SMILES string of the molecule is COc1ccccc1CC(=O)N1CCC(c2nc3ccccc3cc2C(N)=O)CC1. The minimum Gasteiger partial charge on any atom is -0.496 e. The number of hydrogen-bond donors (Lipinski definition) is 1. The maximum Gasteiger partial charge on any atom is 0.250 e. The van der Waals surface area contributed by atoms with Crippen LogP contribution in [-0.4, -0.2) is 41.9 Å². The second-order valence-electron chi connectivity index (χ2n) is 7.62. The fourth-order valence-corrected chi connectivity index (χ4v) is 4.17. The summed E-state index contributed by atoms with van der Waals surface area (Å²) in [5.74, 6) is 0.456. The molecule has 2 aromatic carbocycles. The van der Waals surface area contributed by atoms with Crippen LogP contribution in [0.25, 0.3) is 10.9 Å². The van der Waals surface area contributed by atoms with Gasteiger partial charge in [-0.25, -0.2) is 0 Å². The monoisotopic (exact) mass is 403 g/mol. The van der Waals surface area contributed by atoms with Crippen molar-refractivity contribution in [3.63, 3.8) is 0 Å². The summed E-state index contributed by atoms with van der Waals surface area (Å²) in [5.41, 5.74) is 8.62. The zero-order chi connectivity index (χ0) is 21.1. The van der Waals surface area contributed by atoms with Crippen molar-refractivity contribution < 1.29 is 14.3 Å². The number of carbonyl (C=O) groups excluding carboxylic acids is 2. The number of rotatable bonds is 5. The number of ether oxygens (including phenoxy) is 1. The minimum atomic E-state index is -0.460. The summed E-state index contributed by atoms with van der Waals surface area (Å²) in [7, 11) is 1.61. The molecule has 154 valence electrons. The first-order chi connectivity index (χ1) is 14.6. The zero-order valence-electron chi connectivity index (χ0n) is 17.0. The molecule has 0 spiro atoms. The average molecular weight is 403 g/mol. The molecular weight excluding hydrogens is 378 g/mol. The van der Waals surface area contributed by atoms with Crippen LogP contribution in [0.4, 0.5) is 0 Å². The number of nitrogens with zero attached hydrogens (tertiary/aromatic N) is 2. The van der Waals surface area contributed by atoms with Crippen molar-refractivity contribution in [3.8, 4) is 5.75 Å². The normalized spacial score (nSPS) is 14.6. The van der Waals surface area contributed by atoms with Crippen LogP contribution < -0.4 is 10.5 Å². The molecule has 4 rings (SSSR count). The lowest BCUT2D eigenvalue weighted by Crippen LogP contribution is -2.39. The maximum absolute atomic E-state index is 12.8. The molecule has 1 fully saturated rings. The number of nitrogens with two attached hydrogens (primary N) is 1. The Labute approximate surface area is 175 Å². The first-order valence-electron chi connectivity index (χ1n) is 10.2. The largest absolute Gasteiger partial charge is 0.496 e. The summed E-state index contributed by atoms with van der Waals surface area (Å²) >= 11 is 0.